The van der Waals surface area contributed by atoms with E-state index < -0.39 is 0 Å². The van der Waals surface area contributed by atoms with E-state index in [9.17, 15) is 0 Å². The molecule has 0 radical (unpaired) electrons. The van der Waals surface area contributed by atoms with E-state index in [1.807, 2.05) is 0 Å². The van der Waals surface area contributed by atoms with Crippen LogP contribution in [0.3, 0.4) is 0 Å². The molecule has 0 aromatic carbocycles. The van der Waals surface area contributed by atoms with Crippen molar-refractivity contribution < 1.29 is 4.57 Å². The van der Waals surface area contributed by atoms with Crippen LogP contribution in [0.1, 0.15) is 219 Å². The summed E-state index contributed by atoms with van der Waals surface area (Å²) in [5, 5.41) is 0. The van der Waals surface area contributed by atoms with Gasteiger partial charge in [0.2, 0.25) is 0 Å². The maximum Gasteiger partial charge on any atom is 0.257 e. The molecule has 0 spiro atoms. The molecular formula is C36H71N2+. The Kier molecular flexibility index (Phi) is 24.5. The Morgan fingerprint density at radius 3 is 1.13 bits per heavy atom. The number of H-pyrrole nitrogens is 1. The molecule has 0 fully saturated rings. The summed E-state index contributed by atoms with van der Waals surface area (Å²) in [6.45, 7) is 9.26. The quantitative estimate of drug-likeness (QED) is 0.0783. The molecular weight excluding hydrogens is 460 g/mol. The molecule has 224 valence electrons. The average molecular weight is 532 g/mol. The number of aromatic amines is 1. The number of imidazole rings is 1. The second-order valence-corrected chi connectivity index (χ2v) is 12.8. The number of unbranched alkanes of at least 4 members (excludes halogenated alkanes) is 23. The minimum Gasteiger partial charge on any atom is -0.247 e. The van der Waals surface area contributed by atoms with Crippen molar-refractivity contribution in [1.82, 2.24) is 4.98 Å². The van der Waals surface area contributed by atoms with Crippen LogP contribution in [0.15, 0.2) is 12.4 Å². The summed E-state index contributed by atoms with van der Waals surface area (Å²) >= 11 is 0. The molecule has 1 aromatic heterocycles. The van der Waals surface area contributed by atoms with Gasteiger partial charge in [-0.25, -0.2) is 9.55 Å². The van der Waals surface area contributed by atoms with Gasteiger partial charge in [-0.2, -0.15) is 0 Å². The third-order valence-electron chi connectivity index (χ3n) is 8.75. The van der Waals surface area contributed by atoms with Crippen molar-refractivity contribution in [2.75, 3.05) is 0 Å². The van der Waals surface area contributed by atoms with Crippen molar-refractivity contribution in [3.05, 3.63) is 18.2 Å². The fraction of sp³-hybridized carbons (Fsp3) is 0.917. The molecule has 0 amide bonds. The van der Waals surface area contributed by atoms with Gasteiger partial charge in [0.25, 0.3) is 5.82 Å². The predicted molar refractivity (Wildman–Crippen MR) is 170 cm³/mol. The Hall–Kier alpha value is -0.790. The zero-order chi connectivity index (χ0) is 27.5. The Morgan fingerprint density at radius 2 is 0.816 bits per heavy atom. The molecule has 1 atom stereocenters. The molecule has 1 N–H and O–H groups in total. The van der Waals surface area contributed by atoms with Gasteiger partial charge in [0, 0.05) is 0 Å². The second kappa shape index (κ2) is 26.4. The standard InChI is InChI=1S/C36H70N2/c1-5-7-9-11-13-15-16-17-18-19-20-21-22-23-25-27-29-31-35(36-37-32-33-38(36)34(3)4)30-28-26-24-14-12-10-8-6-2/h32-35H,5-31H2,1-4H3/p+1/t35-/m0/s1. The number of aromatic nitrogens is 2. The molecule has 0 saturated carbocycles. The van der Waals surface area contributed by atoms with Crippen LogP contribution in [0.2, 0.25) is 0 Å². The van der Waals surface area contributed by atoms with E-state index >= 15 is 0 Å². The lowest BCUT2D eigenvalue weighted by atomic mass is 9.93. The van der Waals surface area contributed by atoms with Crippen LogP contribution in [0.25, 0.3) is 0 Å². The predicted octanol–water partition coefficient (Wildman–Crippen LogP) is 12.5. The van der Waals surface area contributed by atoms with E-state index in [-0.39, 0.29) is 0 Å². The van der Waals surface area contributed by atoms with Gasteiger partial charge >= 0.3 is 0 Å². The molecule has 0 aliphatic carbocycles. The molecule has 38 heavy (non-hydrogen) atoms. The average Bonchev–Trinajstić information content (AvgIpc) is 3.41. The smallest absolute Gasteiger partial charge is 0.247 e. The van der Waals surface area contributed by atoms with Crippen LogP contribution >= 0.6 is 0 Å². The highest BCUT2D eigenvalue weighted by molar-refractivity contribution is 4.90. The highest BCUT2D eigenvalue weighted by Crippen LogP contribution is 2.27. The van der Waals surface area contributed by atoms with Gasteiger partial charge in [0.15, 0.2) is 0 Å². The molecule has 0 aliphatic rings. The lowest BCUT2D eigenvalue weighted by molar-refractivity contribution is -0.723. The highest BCUT2D eigenvalue weighted by atomic mass is 15.1. The summed E-state index contributed by atoms with van der Waals surface area (Å²) in [5.74, 6) is 2.20. The van der Waals surface area contributed by atoms with Crippen LogP contribution in [-0.4, -0.2) is 4.98 Å². The minimum atomic E-state index is 0.549. The Morgan fingerprint density at radius 1 is 0.500 bits per heavy atom. The first-order chi connectivity index (χ1) is 18.7. The Bertz CT molecular complexity index is 590. The topological polar surface area (TPSA) is 19.7 Å². The fourth-order valence-corrected chi connectivity index (χ4v) is 6.19. The maximum absolute atomic E-state index is 3.63. The highest BCUT2D eigenvalue weighted by Gasteiger charge is 2.23. The van der Waals surface area contributed by atoms with Crippen LogP contribution in [0, 0.1) is 0 Å². The van der Waals surface area contributed by atoms with Crippen molar-refractivity contribution in [2.45, 2.75) is 213 Å². The third-order valence-corrected chi connectivity index (χ3v) is 8.75. The SMILES string of the molecule is CCCCCCCCCCCCCCCCCCC[C@H](CCCCCCCCCC)c1[nH]cc[n+]1C(C)C. The molecule has 1 aromatic rings. The first kappa shape index (κ1) is 35.2. The second-order valence-electron chi connectivity index (χ2n) is 12.8. The van der Waals surface area contributed by atoms with Gasteiger partial charge in [-0.1, -0.05) is 174 Å². The van der Waals surface area contributed by atoms with E-state index in [2.05, 4.69) is 49.6 Å². The molecule has 2 heteroatoms. The largest absolute Gasteiger partial charge is 0.257 e. The summed E-state index contributed by atoms with van der Waals surface area (Å²) in [6, 6.07) is 0.549. The van der Waals surface area contributed by atoms with Crippen molar-refractivity contribution in [2.24, 2.45) is 0 Å². The first-order valence-corrected chi connectivity index (χ1v) is 17.8. The minimum absolute atomic E-state index is 0.549. The number of hydrogen-bond acceptors (Lipinski definition) is 0. The van der Waals surface area contributed by atoms with Gasteiger partial charge in [-0.05, 0) is 26.7 Å². The molecule has 0 unspecified atom stereocenters. The summed E-state index contributed by atoms with van der Waals surface area (Å²) in [6.07, 6.45) is 43.2. The fourth-order valence-electron chi connectivity index (χ4n) is 6.19. The molecule has 1 heterocycles. The number of nitrogens with zero attached hydrogens (tertiary/aromatic N) is 1. The van der Waals surface area contributed by atoms with Gasteiger partial charge < -0.3 is 0 Å². The molecule has 0 aliphatic heterocycles. The van der Waals surface area contributed by atoms with Gasteiger partial charge in [0.05, 0.1) is 12.0 Å². The molecule has 2 nitrogen and oxygen atoms in total. The van der Waals surface area contributed by atoms with E-state index in [1.165, 1.54) is 179 Å². The Balaban J connectivity index is 2.09. The molecule has 1 rings (SSSR count). The van der Waals surface area contributed by atoms with Crippen molar-refractivity contribution in [3.8, 4) is 0 Å². The summed E-state index contributed by atoms with van der Waals surface area (Å²) < 4.78 is 2.49. The summed E-state index contributed by atoms with van der Waals surface area (Å²) in [5.41, 5.74) is 0. The van der Waals surface area contributed by atoms with Crippen LogP contribution in [0.4, 0.5) is 0 Å². The maximum atomic E-state index is 3.63. The zero-order valence-electron chi connectivity index (χ0n) is 26.8. The zero-order valence-corrected chi connectivity index (χ0v) is 26.8. The summed E-state index contributed by atoms with van der Waals surface area (Å²) in [4.78, 5) is 3.63. The van der Waals surface area contributed by atoms with E-state index in [0.717, 1.165) is 0 Å². The van der Waals surface area contributed by atoms with E-state index in [0.29, 0.717) is 12.0 Å². The third kappa shape index (κ3) is 19.3. The summed E-state index contributed by atoms with van der Waals surface area (Å²) in [7, 11) is 0. The number of nitrogens with one attached hydrogen (secondary N) is 1. The van der Waals surface area contributed by atoms with Crippen molar-refractivity contribution in [3.63, 3.8) is 0 Å². The van der Waals surface area contributed by atoms with Crippen molar-refractivity contribution >= 4 is 0 Å². The first-order valence-electron chi connectivity index (χ1n) is 17.8. The molecule has 0 saturated heterocycles. The Labute approximate surface area is 240 Å². The van der Waals surface area contributed by atoms with E-state index in [4.69, 9.17) is 0 Å². The number of rotatable bonds is 29. The van der Waals surface area contributed by atoms with Crippen LogP contribution in [0.5, 0.6) is 0 Å². The monoisotopic (exact) mass is 532 g/mol. The van der Waals surface area contributed by atoms with Gasteiger partial charge in [-0.15, -0.1) is 0 Å². The normalized spacial score (nSPS) is 12.6. The number of hydrogen-bond donors (Lipinski definition) is 1. The lowest BCUT2D eigenvalue weighted by Gasteiger charge is -2.15. The van der Waals surface area contributed by atoms with Crippen LogP contribution < -0.4 is 4.57 Å². The molecule has 0 bridgehead atoms. The van der Waals surface area contributed by atoms with Crippen LogP contribution in [-0.2, 0) is 0 Å². The van der Waals surface area contributed by atoms with Gasteiger partial charge in [-0.3, -0.25) is 0 Å². The lowest BCUT2D eigenvalue weighted by Crippen LogP contribution is -2.39. The van der Waals surface area contributed by atoms with Gasteiger partial charge in [0.1, 0.15) is 12.4 Å². The van der Waals surface area contributed by atoms with E-state index in [1.54, 1.807) is 0 Å². The van der Waals surface area contributed by atoms with Crippen molar-refractivity contribution in [1.29, 1.82) is 0 Å².